The van der Waals surface area contributed by atoms with Gasteiger partial charge in [-0.25, -0.2) is 4.99 Å². The van der Waals surface area contributed by atoms with Gasteiger partial charge in [0.05, 0.1) is 12.7 Å². The predicted octanol–water partition coefficient (Wildman–Crippen LogP) is 2.81. The highest BCUT2D eigenvalue weighted by molar-refractivity contribution is 7.99. The average molecular weight is 344 g/mol. The van der Waals surface area contributed by atoms with Crippen molar-refractivity contribution in [2.75, 3.05) is 32.0 Å². The van der Waals surface area contributed by atoms with Gasteiger partial charge < -0.3 is 15.4 Å². The van der Waals surface area contributed by atoms with E-state index in [0.29, 0.717) is 13.2 Å². The van der Waals surface area contributed by atoms with Crippen molar-refractivity contribution >= 4 is 17.7 Å². The van der Waals surface area contributed by atoms with E-state index in [4.69, 9.17) is 4.74 Å². The molecule has 0 spiro atoms. The lowest BCUT2D eigenvalue weighted by Gasteiger charge is -2.11. The SMILES string of the molecule is CCNC(=NCCOc1cccnc1)NCCSc1ccccc1. The number of nitrogens with zero attached hydrogens (tertiary/aromatic N) is 2. The van der Waals surface area contributed by atoms with Gasteiger partial charge in [0.1, 0.15) is 12.4 Å². The monoisotopic (exact) mass is 344 g/mol. The van der Waals surface area contributed by atoms with Gasteiger partial charge in [0.2, 0.25) is 0 Å². The number of aliphatic imine (C=N–C) groups is 1. The molecular formula is C18H24N4OS. The van der Waals surface area contributed by atoms with Gasteiger partial charge in [-0.05, 0) is 31.2 Å². The minimum Gasteiger partial charge on any atom is -0.490 e. The molecule has 0 radical (unpaired) electrons. The first-order valence-electron chi connectivity index (χ1n) is 8.11. The summed E-state index contributed by atoms with van der Waals surface area (Å²) in [4.78, 5) is 9.81. The lowest BCUT2D eigenvalue weighted by molar-refractivity contribution is 0.327. The first-order chi connectivity index (χ1) is 11.9. The molecule has 24 heavy (non-hydrogen) atoms. The normalized spacial score (nSPS) is 11.1. The molecule has 0 atom stereocenters. The van der Waals surface area contributed by atoms with Crippen LogP contribution in [0.25, 0.3) is 0 Å². The first-order valence-corrected chi connectivity index (χ1v) is 9.10. The Balaban J connectivity index is 1.66. The molecule has 2 rings (SSSR count). The van der Waals surface area contributed by atoms with E-state index in [9.17, 15) is 0 Å². The second-order valence-corrected chi connectivity index (χ2v) is 6.05. The standard InChI is InChI=1S/C18H24N4OS/c1-2-20-18(21-11-13-23-16-7-6-10-19-15-16)22-12-14-24-17-8-4-3-5-9-17/h3-10,15H,2,11-14H2,1H3,(H2,20,21,22). The predicted molar refractivity (Wildman–Crippen MR) is 101 cm³/mol. The van der Waals surface area contributed by atoms with Gasteiger partial charge in [0, 0.05) is 29.9 Å². The van der Waals surface area contributed by atoms with Crippen molar-refractivity contribution in [3.05, 3.63) is 54.9 Å². The van der Waals surface area contributed by atoms with Crippen LogP contribution in [0.1, 0.15) is 6.92 Å². The lowest BCUT2D eigenvalue weighted by atomic mass is 10.4. The summed E-state index contributed by atoms with van der Waals surface area (Å²) in [6.07, 6.45) is 3.43. The third-order valence-corrected chi connectivity index (χ3v) is 4.03. The molecule has 6 heteroatoms. The number of aromatic nitrogens is 1. The first kappa shape index (κ1) is 18.1. The Bertz CT molecular complexity index is 592. The maximum Gasteiger partial charge on any atom is 0.191 e. The number of ether oxygens (including phenoxy) is 1. The number of rotatable bonds is 9. The van der Waals surface area contributed by atoms with Crippen LogP contribution >= 0.6 is 11.8 Å². The van der Waals surface area contributed by atoms with Gasteiger partial charge in [-0.1, -0.05) is 18.2 Å². The third kappa shape index (κ3) is 7.37. The van der Waals surface area contributed by atoms with Gasteiger partial charge >= 0.3 is 0 Å². The van der Waals surface area contributed by atoms with E-state index in [1.807, 2.05) is 30.0 Å². The highest BCUT2D eigenvalue weighted by atomic mass is 32.2. The largest absolute Gasteiger partial charge is 0.490 e. The van der Waals surface area contributed by atoms with Gasteiger partial charge in [-0.15, -0.1) is 11.8 Å². The van der Waals surface area contributed by atoms with Gasteiger partial charge in [0.15, 0.2) is 5.96 Å². The quantitative estimate of drug-likeness (QED) is 0.317. The maximum absolute atomic E-state index is 5.59. The molecule has 0 amide bonds. The van der Waals surface area contributed by atoms with Gasteiger partial charge in [0.25, 0.3) is 0 Å². The fraction of sp³-hybridized carbons (Fsp3) is 0.333. The second kappa shape index (κ2) is 11.3. The number of pyridine rings is 1. The number of hydrogen-bond acceptors (Lipinski definition) is 4. The molecule has 128 valence electrons. The van der Waals surface area contributed by atoms with Gasteiger partial charge in [-0.2, -0.15) is 0 Å². The van der Waals surface area contributed by atoms with Crippen molar-refractivity contribution in [1.29, 1.82) is 0 Å². The Morgan fingerprint density at radius 3 is 2.79 bits per heavy atom. The second-order valence-electron chi connectivity index (χ2n) is 4.89. The van der Waals surface area contributed by atoms with Crippen LogP contribution in [0.3, 0.4) is 0 Å². The molecule has 0 aliphatic heterocycles. The molecule has 2 aromatic rings. The smallest absolute Gasteiger partial charge is 0.191 e. The van der Waals surface area contributed by atoms with Crippen molar-refractivity contribution in [3.63, 3.8) is 0 Å². The number of nitrogens with one attached hydrogen (secondary N) is 2. The summed E-state index contributed by atoms with van der Waals surface area (Å²) >= 11 is 1.83. The lowest BCUT2D eigenvalue weighted by Crippen LogP contribution is -2.38. The zero-order chi connectivity index (χ0) is 16.9. The summed E-state index contributed by atoms with van der Waals surface area (Å²) in [5.41, 5.74) is 0. The van der Waals surface area contributed by atoms with E-state index >= 15 is 0 Å². The van der Waals surface area contributed by atoms with Crippen molar-refractivity contribution in [3.8, 4) is 5.75 Å². The van der Waals surface area contributed by atoms with Crippen LogP contribution in [0.2, 0.25) is 0 Å². The zero-order valence-corrected chi connectivity index (χ0v) is 14.8. The average Bonchev–Trinajstić information content (AvgIpc) is 2.64. The van der Waals surface area contributed by atoms with Crippen molar-refractivity contribution < 1.29 is 4.74 Å². The van der Waals surface area contributed by atoms with Crippen LogP contribution in [0, 0.1) is 0 Å². The number of hydrogen-bond donors (Lipinski definition) is 2. The molecule has 1 aromatic carbocycles. The summed E-state index contributed by atoms with van der Waals surface area (Å²) in [5, 5.41) is 6.58. The Morgan fingerprint density at radius 1 is 1.17 bits per heavy atom. The van der Waals surface area contributed by atoms with Gasteiger partial charge in [-0.3, -0.25) is 4.98 Å². The summed E-state index contributed by atoms with van der Waals surface area (Å²) in [5.74, 6) is 2.58. The van der Waals surface area contributed by atoms with Crippen LogP contribution in [0.5, 0.6) is 5.75 Å². The number of thioether (sulfide) groups is 1. The fourth-order valence-electron chi connectivity index (χ4n) is 1.95. The van der Waals surface area contributed by atoms with Crippen molar-refractivity contribution in [1.82, 2.24) is 15.6 Å². The highest BCUT2D eigenvalue weighted by Gasteiger charge is 1.98. The Hall–Kier alpha value is -2.21. The van der Waals surface area contributed by atoms with Crippen LogP contribution < -0.4 is 15.4 Å². The summed E-state index contributed by atoms with van der Waals surface area (Å²) in [6, 6.07) is 14.1. The van der Waals surface area contributed by atoms with Crippen LogP contribution in [-0.2, 0) is 0 Å². The zero-order valence-electron chi connectivity index (χ0n) is 13.9. The molecular weight excluding hydrogens is 320 g/mol. The summed E-state index contributed by atoms with van der Waals surface area (Å²) in [7, 11) is 0. The van der Waals surface area contributed by atoms with Crippen LogP contribution in [0.4, 0.5) is 0 Å². The molecule has 2 N–H and O–H groups in total. The molecule has 1 heterocycles. The molecule has 0 aliphatic carbocycles. The molecule has 0 aliphatic rings. The van der Waals surface area contributed by atoms with E-state index in [1.54, 1.807) is 12.4 Å². The third-order valence-electron chi connectivity index (χ3n) is 3.01. The molecule has 5 nitrogen and oxygen atoms in total. The molecule has 0 bridgehead atoms. The van der Waals surface area contributed by atoms with E-state index in [1.165, 1.54) is 4.90 Å². The molecule has 0 saturated heterocycles. The van der Waals surface area contributed by atoms with Crippen LogP contribution in [-0.4, -0.2) is 42.9 Å². The van der Waals surface area contributed by atoms with Crippen LogP contribution in [0.15, 0.2) is 64.7 Å². The fourth-order valence-corrected chi connectivity index (χ4v) is 2.74. The highest BCUT2D eigenvalue weighted by Crippen LogP contribution is 2.15. The van der Waals surface area contributed by atoms with Crippen molar-refractivity contribution in [2.24, 2.45) is 4.99 Å². The Labute approximate surface area is 147 Å². The van der Waals surface area contributed by atoms with E-state index in [0.717, 1.165) is 30.6 Å². The molecule has 0 fully saturated rings. The minimum atomic E-state index is 0.529. The van der Waals surface area contributed by atoms with E-state index in [-0.39, 0.29) is 0 Å². The number of benzene rings is 1. The van der Waals surface area contributed by atoms with E-state index < -0.39 is 0 Å². The molecule has 1 aromatic heterocycles. The summed E-state index contributed by atoms with van der Waals surface area (Å²) < 4.78 is 5.59. The van der Waals surface area contributed by atoms with E-state index in [2.05, 4.69) is 51.8 Å². The molecule has 0 unspecified atom stereocenters. The molecule has 0 saturated carbocycles. The number of guanidine groups is 1. The topological polar surface area (TPSA) is 58.5 Å². The Kier molecular flexibility index (Phi) is 8.57. The maximum atomic E-state index is 5.59. The minimum absolute atomic E-state index is 0.529. The Morgan fingerprint density at radius 2 is 2.04 bits per heavy atom. The summed E-state index contributed by atoms with van der Waals surface area (Å²) in [6.45, 7) is 4.87. The van der Waals surface area contributed by atoms with Crippen molar-refractivity contribution in [2.45, 2.75) is 11.8 Å².